The summed E-state index contributed by atoms with van der Waals surface area (Å²) >= 11 is 5.96. The van der Waals surface area contributed by atoms with Crippen molar-refractivity contribution < 1.29 is 24.2 Å². The molecule has 51 heavy (non-hydrogen) atoms. The van der Waals surface area contributed by atoms with Crippen molar-refractivity contribution in [2.75, 3.05) is 13.2 Å². The predicted octanol–water partition coefficient (Wildman–Crippen LogP) is 8.23. The van der Waals surface area contributed by atoms with Gasteiger partial charge in [0.2, 0.25) is 11.6 Å². The molecule has 0 spiro atoms. The number of nitrogens with one attached hydrogen (secondary N) is 2. The maximum atomic E-state index is 12.6. The number of hydrogen-bond donors (Lipinski definition) is 5. The molecule has 0 unspecified atom stereocenters. The van der Waals surface area contributed by atoms with E-state index in [2.05, 4.69) is 12.1 Å². The van der Waals surface area contributed by atoms with Crippen LogP contribution < -0.4 is 20.9 Å². The number of nitrogen functional groups attached to an aromatic ring is 2. The summed E-state index contributed by atoms with van der Waals surface area (Å²) in [6.45, 7) is 1.29. The lowest BCUT2D eigenvalue weighted by Crippen LogP contribution is -2.29. The van der Waals surface area contributed by atoms with Gasteiger partial charge < -0.3 is 26.0 Å². The molecule has 264 valence electrons. The fourth-order valence-corrected chi connectivity index (χ4v) is 6.56. The lowest BCUT2D eigenvalue weighted by atomic mass is 9.72. The van der Waals surface area contributed by atoms with E-state index in [4.69, 9.17) is 43.4 Å². The highest BCUT2D eigenvalue weighted by atomic mass is 35.5. The van der Waals surface area contributed by atoms with Crippen molar-refractivity contribution in [1.82, 2.24) is 0 Å². The van der Waals surface area contributed by atoms with Crippen LogP contribution in [0.4, 0.5) is 0 Å². The lowest BCUT2D eigenvalue weighted by Gasteiger charge is -2.31. The Morgan fingerprint density at radius 1 is 0.647 bits per heavy atom. The summed E-state index contributed by atoms with van der Waals surface area (Å²) in [5.74, 6) is 0.976. The number of ether oxygens (including phenoxy) is 2. The first-order valence-corrected chi connectivity index (χ1v) is 17.5. The first-order valence-electron chi connectivity index (χ1n) is 17.1. The molecule has 10 heteroatoms. The normalized spacial score (nSPS) is 16.8. The molecular formula is C41H43ClN4O5. The van der Waals surface area contributed by atoms with E-state index in [0.717, 1.165) is 61.5 Å². The number of rotatable bonds is 12. The summed E-state index contributed by atoms with van der Waals surface area (Å²) in [4.78, 5) is 25.0. The number of nitrogens with two attached hydrogens (primary N) is 2. The fraction of sp³-hybridized carbons (Fsp3) is 0.268. The van der Waals surface area contributed by atoms with Gasteiger partial charge in [0.1, 0.15) is 28.9 Å². The van der Waals surface area contributed by atoms with Gasteiger partial charge in [0, 0.05) is 32.8 Å². The molecule has 1 fully saturated rings. The van der Waals surface area contributed by atoms with Gasteiger partial charge in [-0.05, 0) is 123 Å². The van der Waals surface area contributed by atoms with Gasteiger partial charge in [0.25, 0.3) is 0 Å². The molecule has 0 aromatic heterocycles. The second-order valence-electron chi connectivity index (χ2n) is 12.7. The van der Waals surface area contributed by atoms with E-state index in [9.17, 15) is 14.7 Å². The van der Waals surface area contributed by atoms with Crippen molar-refractivity contribution in [2.24, 2.45) is 17.4 Å². The maximum absolute atomic E-state index is 12.6. The van der Waals surface area contributed by atoms with Gasteiger partial charge in [-0.1, -0.05) is 48.0 Å². The van der Waals surface area contributed by atoms with Crippen molar-refractivity contribution in [1.29, 1.82) is 10.8 Å². The van der Waals surface area contributed by atoms with E-state index in [-0.39, 0.29) is 23.3 Å². The summed E-state index contributed by atoms with van der Waals surface area (Å²) in [5, 5.41) is 26.1. The van der Waals surface area contributed by atoms with Crippen LogP contribution in [0.15, 0.2) is 103 Å². The Balaban J connectivity index is 0.000000198. The number of halogens is 1. The summed E-state index contributed by atoms with van der Waals surface area (Å²) in [5.41, 5.74) is 14.5. The van der Waals surface area contributed by atoms with Gasteiger partial charge in [0.15, 0.2) is 0 Å². The number of hydrogen-bond acceptors (Lipinski definition) is 7. The van der Waals surface area contributed by atoms with Crippen molar-refractivity contribution >= 4 is 40.6 Å². The van der Waals surface area contributed by atoms with Crippen LogP contribution in [0, 0.1) is 16.7 Å². The van der Waals surface area contributed by atoms with Crippen LogP contribution in [-0.4, -0.2) is 41.6 Å². The number of ketones is 2. The number of carbonyl (C=O) groups is 2. The molecule has 0 amide bonds. The van der Waals surface area contributed by atoms with Gasteiger partial charge in [-0.3, -0.25) is 20.4 Å². The molecular weight excluding hydrogens is 664 g/mol. The quantitative estimate of drug-likeness (QED) is 0.0427. The van der Waals surface area contributed by atoms with Crippen LogP contribution in [0.2, 0.25) is 5.02 Å². The predicted molar refractivity (Wildman–Crippen MR) is 201 cm³/mol. The molecule has 0 atom stereocenters. The first-order chi connectivity index (χ1) is 24.6. The molecule has 9 nitrogen and oxygen atoms in total. The minimum atomic E-state index is -0.545. The van der Waals surface area contributed by atoms with Crippen molar-refractivity contribution in [3.8, 4) is 11.5 Å². The number of aliphatic hydroxyl groups is 1. The Hall–Kier alpha value is -5.41. The third-order valence-electron chi connectivity index (χ3n) is 9.27. The van der Waals surface area contributed by atoms with Gasteiger partial charge in [-0.2, -0.15) is 0 Å². The number of unbranched alkanes of at least 4 members (excludes halogenated alkanes) is 2. The standard InChI is InChI=1S/C22H19ClO3.C19H24N4O2/c23-16-11-9-14(10-12-16)13-5-7-15(8-6-13)19-20(24)17-3-1-2-4-18(17)21(25)22(19)26;20-18(21)14-4-8-16(9-5-14)24-12-2-1-3-13-25-17-10-6-15(7-11-17)19(22)23/h1-4,9-13,15,24H,5-8H2;4-11H,1-3,12-13H2,(H3,20,21)(H3,22,23). The number of fused-ring (bicyclic) bond motifs is 1. The Kier molecular flexibility index (Phi) is 12.6. The molecule has 0 saturated heterocycles. The monoisotopic (exact) mass is 706 g/mol. The van der Waals surface area contributed by atoms with Crippen LogP contribution in [0.1, 0.15) is 83.5 Å². The number of benzene rings is 4. The Morgan fingerprint density at radius 2 is 1.12 bits per heavy atom. The van der Waals surface area contributed by atoms with Crippen molar-refractivity contribution in [2.45, 2.75) is 50.9 Å². The Morgan fingerprint density at radius 3 is 1.61 bits per heavy atom. The number of allylic oxidation sites excluding steroid dienone is 1. The molecule has 2 aliphatic rings. The average molecular weight is 707 g/mol. The highest BCUT2D eigenvalue weighted by molar-refractivity contribution is 6.52. The van der Waals surface area contributed by atoms with Gasteiger partial charge >= 0.3 is 0 Å². The van der Waals surface area contributed by atoms with Crippen molar-refractivity contribution in [3.63, 3.8) is 0 Å². The Labute approximate surface area is 303 Å². The van der Waals surface area contributed by atoms with Gasteiger partial charge in [-0.25, -0.2) is 0 Å². The zero-order chi connectivity index (χ0) is 36.3. The maximum Gasteiger partial charge on any atom is 0.234 e. The SMILES string of the molecule is N=C(N)c1ccc(OCCCCCOc2ccc(C(=N)N)cc2)cc1.O=C1C(=O)c2ccccc2C(O)=C1C1CCC(c2ccc(Cl)cc2)CC1. The van der Waals surface area contributed by atoms with E-state index < -0.39 is 11.6 Å². The molecule has 7 N–H and O–H groups in total. The fourth-order valence-electron chi connectivity index (χ4n) is 6.44. The molecule has 0 radical (unpaired) electrons. The summed E-state index contributed by atoms with van der Waals surface area (Å²) in [6.07, 6.45) is 6.32. The molecule has 6 rings (SSSR count). The van der Waals surface area contributed by atoms with E-state index >= 15 is 0 Å². The largest absolute Gasteiger partial charge is 0.507 e. The molecule has 1 saturated carbocycles. The summed E-state index contributed by atoms with van der Waals surface area (Å²) < 4.78 is 11.3. The molecule has 0 aliphatic heterocycles. The summed E-state index contributed by atoms with van der Waals surface area (Å²) in [6, 6.07) is 29.1. The highest BCUT2D eigenvalue weighted by Gasteiger charge is 2.38. The average Bonchev–Trinajstić information content (AvgIpc) is 3.15. The zero-order valence-electron chi connectivity index (χ0n) is 28.4. The topological polar surface area (TPSA) is 173 Å². The lowest BCUT2D eigenvalue weighted by molar-refractivity contribution is -0.112. The van der Waals surface area contributed by atoms with E-state index in [1.807, 2.05) is 36.4 Å². The zero-order valence-corrected chi connectivity index (χ0v) is 29.1. The molecule has 4 aromatic rings. The van der Waals surface area contributed by atoms with Crippen LogP contribution in [0.5, 0.6) is 11.5 Å². The number of carbonyl (C=O) groups excluding carboxylic acids is 2. The number of amidine groups is 2. The third kappa shape index (κ3) is 9.64. The smallest absolute Gasteiger partial charge is 0.234 e. The van der Waals surface area contributed by atoms with E-state index in [0.29, 0.717) is 47.0 Å². The third-order valence-corrected chi connectivity index (χ3v) is 9.52. The molecule has 0 heterocycles. The molecule has 4 aromatic carbocycles. The van der Waals surface area contributed by atoms with E-state index in [1.165, 1.54) is 5.56 Å². The Bertz CT molecular complexity index is 1820. The van der Waals surface area contributed by atoms with Crippen molar-refractivity contribution in [3.05, 3.63) is 135 Å². The van der Waals surface area contributed by atoms with Crippen LogP contribution in [0.3, 0.4) is 0 Å². The second kappa shape index (κ2) is 17.5. The second-order valence-corrected chi connectivity index (χ2v) is 13.1. The van der Waals surface area contributed by atoms with E-state index in [1.54, 1.807) is 48.5 Å². The highest BCUT2D eigenvalue weighted by Crippen LogP contribution is 2.42. The number of aliphatic hydroxyl groups excluding tert-OH is 1. The van der Waals surface area contributed by atoms with Crippen LogP contribution in [0.25, 0.3) is 5.76 Å². The van der Waals surface area contributed by atoms with Gasteiger partial charge in [0.05, 0.1) is 13.2 Å². The summed E-state index contributed by atoms with van der Waals surface area (Å²) in [7, 11) is 0. The molecule has 2 aliphatic carbocycles. The minimum absolute atomic E-state index is 0.0138. The van der Waals surface area contributed by atoms with Gasteiger partial charge in [-0.15, -0.1) is 0 Å². The number of Topliss-reactive ketones (excluding diaryl/α,β-unsaturated/α-hetero) is 2. The van der Waals surface area contributed by atoms with Crippen LogP contribution in [-0.2, 0) is 4.79 Å². The molecule has 0 bridgehead atoms. The minimum Gasteiger partial charge on any atom is -0.507 e. The van der Waals surface area contributed by atoms with Crippen LogP contribution >= 0.6 is 11.6 Å². The first kappa shape index (κ1) is 36.9.